The number of nitrogens with zero attached hydrogens (tertiary/aromatic N) is 1. The van der Waals surface area contributed by atoms with E-state index in [0.717, 1.165) is 15.6 Å². The van der Waals surface area contributed by atoms with Gasteiger partial charge in [-0.1, -0.05) is 58.4 Å². The number of benzene rings is 2. The first-order chi connectivity index (χ1) is 10.8. The van der Waals surface area contributed by atoms with Crippen LogP contribution in [0.15, 0.2) is 83.6 Å². The van der Waals surface area contributed by atoms with Crippen LogP contribution in [0.1, 0.15) is 27.4 Å². The largest absolute Gasteiger partial charge is 0.293 e. The van der Waals surface area contributed by atoms with Crippen molar-refractivity contribution in [2.45, 2.75) is 5.92 Å². The Morgan fingerprint density at radius 2 is 1.41 bits per heavy atom. The number of carbonyl (C=O) groups is 1. The number of rotatable bonds is 4. The maximum atomic E-state index is 13.0. The van der Waals surface area contributed by atoms with Gasteiger partial charge in [0.1, 0.15) is 0 Å². The fourth-order valence-electron chi connectivity index (χ4n) is 2.48. The molecular weight excluding hydrogens is 338 g/mol. The predicted octanol–water partition coefficient (Wildman–Crippen LogP) is 4.86. The Balaban J connectivity index is 2.06. The summed E-state index contributed by atoms with van der Waals surface area (Å²) in [7, 11) is 0. The van der Waals surface area contributed by atoms with Crippen LogP contribution in [0.25, 0.3) is 0 Å². The Morgan fingerprint density at radius 1 is 0.818 bits per heavy atom. The molecule has 22 heavy (non-hydrogen) atoms. The third kappa shape index (κ3) is 3.15. The maximum Gasteiger partial charge on any atom is 0.174 e. The monoisotopic (exact) mass is 351 g/mol. The molecular formula is C19H14BrNO. The smallest absolute Gasteiger partial charge is 0.174 e. The van der Waals surface area contributed by atoms with E-state index in [0.29, 0.717) is 5.56 Å². The highest BCUT2D eigenvalue weighted by atomic mass is 79.9. The first kappa shape index (κ1) is 14.7. The molecule has 0 aliphatic heterocycles. The highest BCUT2D eigenvalue weighted by Crippen LogP contribution is 2.28. The van der Waals surface area contributed by atoms with Crippen molar-refractivity contribution in [1.29, 1.82) is 0 Å². The Bertz CT molecular complexity index is 715. The molecule has 0 aliphatic rings. The standard InChI is InChI=1S/C19H14BrNO/c20-17-8-6-16(7-9-17)19(22)18(14-4-2-1-3-5-14)15-10-12-21-13-11-15/h1-13,18H. The molecule has 1 aromatic heterocycles. The van der Waals surface area contributed by atoms with E-state index in [-0.39, 0.29) is 11.7 Å². The van der Waals surface area contributed by atoms with Crippen LogP contribution >= 0.6 is 15.9 Å². The quantitative estimate of drug-likeness (QED) is 0.628. The molecule has 0 saturated carbocycles. The number of aromatic nitrogens is 1. The van der Waals surface area contributed by atoms with Crippen molar-refractivity contribution >= 4 is 21.7 Å². The van der Waals surface area contributed by atoms with E-state index in [4.69, 9.17) is 0 Å². The van der Waals surface area contributed by atoms with Crippen molar-refractivity contribution in [3.8, 4) is 0 Å². The second kappa shape index (κ2) is 6.67. The van der Waals surface area contributed by atoms with E-state index in [1.54, 1.807) is 12.4 Å². The van der Waals surface area contributed by atoms with Crippen molar-refractivity contribution in [2.24, 2.45) is 0 Å². The fraction of sp³-hybridized carbons (Fsp3) is 0.0526. The molecule has 0 radical (unpaired) electrons. The van der Waals surface area contributed by atoms with Gasteiger partial charge >= 0.3 is 0 Å². The number of carbonyl (C=O) groups excluding carboxylic acids is 1. The zero-order chi connectivity index (χ0) is 15.4. The second-order valence-corrected chi connectivity index (χ2v) is 5.91. The van der Waals surface area contributed by atoms with Gasteiger partial charge in [0.15, 0.2) is 5.78 Å². The Morgan fingerprint density at radius 3 is 2.05 bits per heavy atom. The van der Waals surface area contributed by atoms with E-state index in [9.17, 15) is 4.79 Å². The van der Waals surface area contributed by atoms with E-state index < -0.39 is 0 Å². The average Bonchev–Trinajstić information content (AvgIpc) is 2.57. The van der Waals surface area contributed by atoms with Crippen molar-refractivity contribution < 1.29 is 4.79 Å². The van der Waals surface area contributed by atoms with E-state index in [2.05, 4.69) is 20.9 Å². The van der Waals surface area contributed by atoms with Gasteiger partial charge in [0.2, 0.25) is 0 Å². The lowest BCUT2D eigenvalue weighted by molar-refractivity contribution is 0.0974. The highest BCUT2D eigenvalue weighted by Gasteiger charge is 2.23. The molecule has 0 bridgehead atoms. The summed E-state index contributed by atoms with van der Waals surface area (Å²) in [6, 6.07) is 21.1. The molecule has 0 aliphatic carbocycles. The lowest BCUT2D eigenvalue weighted by atomic mass is 9.85. The van der Waals surface area contributed by atoms with Crippen molar-refractivity contribution in [2.75, 3.05) is 0 Å². The van der Waals surface area contributed by atoms with Crippen LogP contribution in [-0.4, -0.2) is 10.8 Å². The third-order valence-corrected chi connectivity index (χ3v) is 4.09. The number of Topliss-reactive ketones (excluding diaryl/α,β-unsaturated/α-hetero) is 1. The van der Waals surface area contributed by atoms with Gasteiger partial charge in [-0.15, -0.1) is 0 Å². The molecule has 3 heteroatoms. The molecule has 3 rings (SSSR count). The zero-order valence-electron chi connectivity index (χ0n) is 11.8. The molecule has 0 amide bonds. The maximum absolute atomic E-state index is 13.0. The van der Waals surface area contributed by atoms with Crippen LogP contribution in [-0.2, 0) is 0 Å². The summed E-state index contributed by atoms with van der Waals surface area (Å²) in [6.07, 6.45) is 3.44. The molecule has 0 N–H and O–H groups in total. The number of halogens is 1. The number of hydrogen-bond donors (Lipinski definition) is 0. The van der Waals surface area contributed by atoms with Crippen LogP contribution in [0.5, 0.6) is 0 Å². The first-order valence-corrected chi connectivity index (χ1v) is 7.79. The topological polar surface area (TPSA) is 30.0 Å². The van der Waals surface area contributed by atoms with E-state index in [1.807, 2.05) is 66.7 Å². The summed E-state index contributed by atoms with van der Waals surface area (Å²) in [4.78, 5) is 17.1. The van der Waals surface area contributed by atoms with E-state index >= 15 is 0 Å². The normalized spacial score (nSPS) is 11.9. The molecule has 2 nitrogen and oxygen atoms in total. The molecule has 108 valence electrons. The van der Waals surface area contributed by atoms with Gasteiger partial charge in [0.05, 0.1) is 5.92 Å². The molecule has 0 saturated heterocycles. The number of hydrogen-bond acceptors (Lipinski definition) is 2. The van der Waals surface area contributed by atoms with Crippen molar-refractivity contribution in [3.05, 3.63) is 100 Å². The van der Waals surface area contributed by atoms with Gasteiger partial charge in [-0.3, -0.25) is 9.78 Å². The van der Waals surface area contributed by atoms with Crippen LogP contribution in [0.4, 0.5) is 0 Å². The van der Waals surface area contributed by atoms with Crippen LogP contribution in [0, 0.1) is 0 Å². The molecule has 0 fully saturated rings. The minimum atomic E-state index is -0.314. The second-order valence-electron chi connectivity index (χ2n) is 5.00. The molecule has 1 unspecified atom stereocenters. The third-order valence-electron chi connectivity index (χ3n) is 3.56. The zero-order valence-corrected chi connectivity index (χ0v) is 13.4. The molecule has 0 spiro atoms. The van der Waals surface area contributed by atoms with Crippen LogP contribution < -0.4 is 0 Å². The molecule has 1 heterocycles. The molecule has 2 aromatic carbocycles. The lowest BCUT2D eigenvalue weighted by Crippen LogP contribution is -2.14. The van der Waals surface area contributed by atoms with Gasteiger partial charge in [-0.05, 0) is 35.4 Å². The summed E-state index contributed by atoms with van der Waals surface area (Å²) >= 11 is 3.40. The van der Waals surface area contributed by atoms with Gasteiger partial charge in [0.25, 0.3) is 0 Å². The van der Waals surface area contributed by atoms with E-state index in [1.165, 1.54) is 0 Å². The fourth-order valence-corrected chi connectivity index (χ4v) is 2.74. The summed E-state index contributed by atoms with van der Waals surface area (Å²) in [6.45, 7) is 0. The highest BCUT2D eigenvalue weighted by molar-refractivity contribution is 9.10. The van der Waals surface area contributed by atoms with Crippen LogP contribution in [0.2, 0.25) is 0 Å². The minimum absolute atomic E-state index is 0.0879. The number of ketones is 1. The predicted molar refractivity (Wildman–Crippen MR) is 91.0 cm³/mol. The Labute approximate surface area is 138 Å². The Kier molecular flexibility index (Phi) is 4.45. The summed E-state index contributed by atoms with van der Waals surface area (Å²) in [5.74, 6) is -0.227. The lowest BCUT2D eigenvalue weighted by Gasteiger charge is -2.17. The first-order valence-electron chi connectivity index (χ1n) is 7.00. The van der Waals surface area contributed by atoms with Gasteiger partial charge < -0.3 is 0 Å². The Hall–Kier alpha value is -2.26. The molecule has 3 aromatic rings. The number of pyridine rings is 1. The average molecular weight is 352 g/mol. The van der Waals surface area contributed by atoms with Gasteiger partial charge in [0, 0.05) is 22.4 Å². The SMILES string of the molecule is O=C(c1ccc(Br)cc1)C(c1ccccc1)c1ccncc1. The summed E-state index contributed by atoms with van der Waals surface area (Å²) in [5.41, 5.74) is 2.64. The van der Waals surface area contributed by atoms with Crippen LogP contribution in [0.3, 0.4) is 0 Å². The van der Waals surface area contributed by atoms with Gasteiger partial charge in [-0.2, -0.15) is 0 Å². The minimum Gasteiger partial charge on any atom is -0.293 e. The summed E-state index contributed by atoms with van der Waals surface area (Å²) in [5, 5.41) is 0. The van der Waals surface area contributed by atoms with Gasteiger partial charge in [-0.25, -0.2) is 0 Å². The van der Waals surface area contributed by atoms with Crippen molar-refractivity contribution in [3.63, 3.8) is 0 Å². The molecule has 1 atom stereocenters. The van der Waals surface area contributed by atoms with Crippen molar-refractivity contribution in [1.82, 2.24) is 4.98 Å². The summed E-state index contributed by atoms with van der Waals surface area (Å²) < 4.78 is 0.962.